The van der Waals surface area contributed by atoms with E-state index >= 15 is 0 Å². The number of aliphatic hydroxyl groups excluding tert-OH is 2. The third-order valence-electron chi connectivity index (χ3n) is 4.36. The highest BCUT2D eigenvalue weighted by Crippen LogP contribution is 2.42. The fourth-order valence-corrected chi connectivity index (χ4v) is 3.05. The van der Waals surface area contributed by atoms with Crippen LogP contribution < -0.4 is 11.2 Å². The van der Waals surface area contributed by atoms with E-state index in [1.165, 1.54) is 13.3 Å². The zero-order valence-corrected chi connectivity index (χ0v) is 13.1. The van der Waals surface area contributed by atoms with Crippen molar-refractivity contribution >= 4 is 0 Å². The number of aromatic amines is 1. The third kappa shape index (κ3) is 2.41. The topological polar surface area (TPSA) is 114 Å². The van der Waals surface area contributed by atoms with Gasteiger partial charge in [0.25, 0.3) is 5.56 Å². The van der Waals surface area contributed by atoms with Gasteiger partial charge >= 0.3 is 5.69 Å². The highest BCUT2D eigenvalue weighted by atomic mass is 16.6. The molecule has 124 valence electrons. The molecule has 8 nitrogen and oxygen atoms in total. The summed E-state index contributed by atoms with van der Waals surface area (Å²) in [4.78, 5) is 25.6. The number of aromatic nitrogens is 2. The Kier molecular flexibility index (Phi) is 4.57. The lowest BCUT2D eigenvalue weighted by molar-refractivity contribution is -0.166. The molecule has 2 rings (SSSR count). The van der Waals surface area contributed by atoms with E-state index in [1.54, 1.807) is 20.8 Å². The van der Waals surface area contributed by atoms with Gasteiger partial charge in [-0.3, -0.25) is 14.3 Å². The molecule has 0 amide bonds. The van der Waals surface area contributed by atoms with Gasteiger partial charge in [-0.1, -0.05) is 6.92 Å². The SMILES string of the molecule is CC[C@@]1([C@@H](C)O)O[C@@H](n2cc(C)c(=O)[nH]c2=O)[C@H](O)[C@@H]1OC. The van der Waals surface area contributed by atoms with Gasteiger partial charge < -0.3 is 19.7 Å². The summed E-state index contributed by atoms with van der Waals surface area (Å²) >= 11 is 0. The number of aliphatic hydroxyl groups is 2. The van der Waals surface area contributed by atoms with Gasteiger partial charge in [0.15, 0.2) is 6.23 Å². The summed E-state index contributed by atoms with van der Waals surface area (Å²) in [6.45, 7) is 4.89. The van der Waals surface area contributed by atoms with Crippen LogP contribution in [0.15, 0.2) is 15.8 Å². The number of nitrogens with one attached hydrogen (secondary N) is 1. The maximum absolute atomic E-state index is 12.0. The van der Waals surface area contributed by atoms with Crippen LogP contribution >= 0.6 is 0 Å². The molecule has 0 bridgehead atoms. The molecule has 1 aliphatic rings. The van der Waals surface area contributed by atoms with E-state index in [0.717, 1.165) is 4.57 Å². The summed E-state index contributed by atoms with van der Waals surface area (Å²) in [7, 11) is 1.41. The second-order valence-corrected chi connectivity index (χ2v) is 5.62. The molecule has 0 radical (unpaired) electrons. The predicted octanol–water partition coefficient (Wildman–Crippen LogP) is -0.721. The number of H-pyrrole nitrogens is 1. The molecule has 1 aromatic rings. The molecule has 8 heteroatoms. The molecule has 1 fully saturated rings. The highest BCUT2D eigenvalue weighted by molar-refractivity contribution is 5.07. The lowest BCUT2D eigenvalue weighted by Gasteiger charge is -2.35. The molecule has 0 unspecified atom stereocenters. The van der Waals surface area contributed by atoms with E-state index in [2.05, 4.69) is 4.98 Å². The molecule has 22 heavy (non-hydrogen) atoms. The summed E-state index contributed by atoms with van der Waals surface area (Å²) in [6, 6.07) is 0. The number of hydrogen-bond donors (Lipinski definition) is 3. The molecule has 1 saturated heterocycles. The van der Waals surface area contributed by atoms with E-state index in [9.17, 15) is 19.8 Å². The second kappa shape index (κ2) is 5.96. The standard InChI is InChI=1S/C14H22N2O6/c1-5-14(8(3)17)10(21-4)9(18)12(22-14)16-6-7(2)11(19)15-13(16)20/h6,8-10,12,17-18H,5H2,1-4H3,(H,15,19,20)/t8-,9-,10+,12-,14+/m1/s1. The third-order valence-corrected chi connectivity index (χ3v) is 4.36. The average Bonchev–Trinajstić information content (AvgIpc) is 2.76. The minimum absolute atomic E-state index is 0.315. The Labute approximate surface area is 127 Å². The fourth-order valence-electron chi connectivity index (χ4n) is 3.05. The molecular weight excluding hydrogens is 292 g/mol. The zero-order chi connectivity index (χ0) is 16.7. The van der Waals surface area contributed by atoms with Crippen LogP contribution in [-0.2, 0) is 9.47 Å². The lowest BCUT2D eigenvalue weighted by atomic mass is 9.87. The fraction of sp³-hybridized carbons (Fsp3) is 0.714. The molecule has 2 heterocycles. The van der Waals surface area contributed by atoms with Gasteiger partial charge in [0.2, 0.25) is 0 Å². The Morgan fingerprint density at radius 1 is 1.55 bits per heavy atom. The minimum atomic E-state index is -1.16. The first kappa shape index (κ1) is 16.9. The van der Waals surface area contributed by atoms with Crippen molar-refractivity contribution in [3.63, 3.8) is 0 Å². The van der Waals surface area contributed by atoms with Crippen LogP contribution in [0.25, 0.3) is 0 Å². The smallest absolute Gasteiger partial charge is 0.330 e. The number of hydrogen-bond acceptors (Lipinski definition) is 6. The number of aryl methyl sites for hydroxylation is 1. The normalized spacial score (nSPS) is 33.1. The molecule has 0 aliphatic carbocycles. The molecule has 0 saturated carbocycles. The maximum Gasteiger partial charge on any atom is 0.330 e. The monoisotopic (exact) mass is 314 g/mol. The Morgan fingerprint density at radius 2 is 2.18 bits per heavy atom. The van der Waals surface area contributed by atoms with E-state index < -0.39 is 41.4 Å². The summed E-state index contributed by atoms with van der Waals surface area (Å²) in [5.74, 6) is 0. The van der Waals surface area contributed by atoms with Crippen molar-refractivity contribution in [2.45, 2.75) is 57.3 Å². The Bertz CT molecular complexity index is 651. The summed E-state index contributed by atoms with van der Waals surface area (Å²) < 4.78 is 12.3. The van der Waals surface area contributed by atoms with Crippen molar-refractivity contribution < 1.29 is 19.7 Å². The van der Waals surface area contributed by atoms with Crippen LogP contribution in [-0.4, -0.2) is 50.8 Å². The van der Waals surface area contributed by atoms with Crippen molar-refractivity contribution in [2.24, 2.45) is 0 Å². The van der Waals surface area contributed by atoms with E-state index in [0.29, 0.717) is 12.0 Å². The highest BCUT2D eigenvalue weighted by Gasteiger charge is 2.57. The maximum atomic E-state index is 12.0. The van der Waals surface area contributed by atoms with E-state index in [4.69, 9.17) is 9.47 Å². The first-order valence-electron chi connectivity index (χ1n) is 7.17. The largest absolute Gasteiger partial charge is 0.390 e. The van der Waals surface area contributed by atoms with Crippen LogP contribution in [0.2, 0.25) is 0 Å². The predicted molar refractivity (Wildman–Crippen MR) is 77.7 cm³/mol. The molecule has 5 atom stereocenters. The van der Waals surface area contributed by atoms with Gasteiger partial charge in [-0.25, -0.2) is 4.79 Å². The van der Waals surface area contributed by atoms with Crippen LogP contribution in [0, 0.1) is 6.92 Å². The molecule has 0 spiro atoms. The summed E-state index contributed by atoms with van der Waals surface area (Å²) in [6.07, 6.45) is -2.22. The second-order valence-electron chi connectivity index (χ2n) is 5.62. The van der Waals surface area contributed by atoms with Crippen LogP contribution in [0.3, 0.4) is 0 Å². The molecular formula is C14H22N2O6. The van der Waals surface area contributed by atoms with Crippen molar-refractivity contribution in [2.75, 3.05) is 7.11 Å². The van der Waals surface area contributed by atoms with Crippen LogP contribution in [0.4, 0.5) is 0 Å². The Balaban J connectivity index is 2.53. The number of methoxy groups -OCH3 is 1. The number of nitrogens with zero attached hydrogens (tertiary/aromatic N) is 1. The lowest BCUT2D eigenvalue weighted by Crippen LogP contribution is -2.51. The first-order valence-corrected chi connectivity index (χ1v) is 7.17. The number of rotatable bonds is 4. The molecule has 3 N–H and O–H groups in total. The Hall–Kier alpha value is -1.48. The van der Waals surface area contributed by atoms with Gasteiger partial charge in [-0.05, 0) is 20.3 Å². The zero-order valence-electron chi connectivity index (χ0n) is 13.1. The Morgan fingerprint density at radius 3 is 2.64 bits per heavy atom. The van der Waals surface area contributed by atoms with Crippen LogP contribution in [0.5, 0.6) is 0 Å². The van der Waals surface area contributed by atoms with Gasteiger partial charge in [0, 0.05) is 18.9 Å². The van der Waals surface area contributed by atoms with Gasteiger partial charge in [0.05, 0.1) is 6.10 Å². The van der Waals surface area contributed by atoms with Gasteiger partial charge in [-0.15, -0.1) is 0 Å². The average molecular weight is 314 g/mol. The van der Waals surface area contributed by atoms with E-state index in [1.807, 2.05) is 0 Å². The summed E-state index contributed by atoms with van der Waals surface area (Å²) in [5, 5.41) is 20.6. The quantitative estimate of drug-likeness (QED) is 0.676. The van der Waals surface area contributed by atoms with Crippen molar-refractivity contribution in [1.82, 2.24) is 9.55 Å². The van der Waals surface area contributed by atoms with Crippen molar-refractivity contribution in [3.05, 3.63) is 32.6 Å². The first-order chi connectivity index (χ1) is 10.3. The minimum Gasteiger partial charge on any atom is -0.390 e. The van der Waals surface area contributed by atoms with E-state index in [-0.39, 0.29) is 0 Å². The molecule has 1 aliphatic heterocycles. The van der Waals surface area contributed by atoms with Crippen molar-refractivity contribution in [1.29, 1.82) is 0 Å². The van der Waals surface area contributed by atoms with Gasteiger partial charge in [-0.2, -0.15) is 0 Å². The molecule has 0 aromatic carbocycles. The number of ether oxygens (including phenoxy) is 2. The summed E-state index contributed by atoms with van der Waals surface area (Å²) in [5.41, 5.74) is -2.00. The van der Waals surface area contributed by atoms with Crippen LogP contribution in [0.1, 0.15) is 32.1 Å². The molecule has 1 aromatic heterocycles. The van der Waals surface area contributed by atoms with Gasteiger partial charge in [0.1, 0.15) is 17.8 Å². The van der Waals surface area contributed by atoms with Crippen molar-refractivity contribution in [3.8, 4) is 0 Å².